The van der Waals surface area contributed by atoms with Crippen LogP contribution in [0.5, 0.6) is 0 Å². The summed E-state index contributed by atoms with van der Waals surface area (Å²) in [5.41, 5.74) is 1.05. The summed E-state index contributed by atoms with van der Waals surface area (Å²) >= 11 is 0. The van der Waals surface area contributed by atoms with Crippen molar-refractivity contribution in [1.82, 2.24) is 9.78 Å². The normalized spacial score (nSPS) is 15.0. The first-order valence-electron chi connectivity index (χ1n) is 7.00. The number of anilines is 2. The summed E-state index contributed by atoms with van der Waals surface area (Å²) in [6.45, 7) is 3.08. The molecule has 0 saturated heterocycles. The van der Waals surface area contributed by atoms with E-state index in [2.05, 4.69) is 5.10 Å². The zero-order chi connectivity index (χ0) is 15.9. The highest BCUT2D eigenvalue weighted by molar-refractivity contribution is 7.92. The minimum absolute atomic E-state index is 0.120. The Kier molecular flexibility index (Phi) is 3.56. The van der Waals surface area contributed by atoms with Gasteiger partial charge < -0.3 is 4.90 Å². The van der Waals surface area contributed by atoms with E-state index in [1.54, 1.807) is 6.07 Å². The van der Waals surface area contributed by atoms with Crippen molar-refractivity contribution in [2.24, 2.45) is 0 Å². The lowest BCUT2D eigenvalue weighted by Crippen LogP contribution is -2.43. The molecule has 0 unspecified atom stereocenters. The van der Waals surface area contributed by atoms with Crippen molar-refractivity contribution in [2.45, 2.75) is 18.5 Å². The number of nitrogens with zero attached hydrogens (tertiary/aromatic N) is 4. The third kappa shape index (κ3) is 2.23. The van der Waals surface area contributed by atoms with E-state index in [0.717, 1.165) is 0 Å². The van der Waals surface area contributed by atoms with Crippen molar-refractivity contribution in [2.75, 3.05) is 29.3 Å². The van der Waals surface area contributed by atoms with Gasteiger partial charge in [0.1, 0.15) is 5.82 Å². The fourth-order valence-corrected chi connectivity index (χ4v) is 4.27. The smallest absolute Gasteiger partial charge is 0.281 e. The number of hydrogen-bond donors (Lipinski definition) is 0. The molecule has 0 radical (unpaired) electrons. The average molecular weight is 324 g/mol. The molecule has 0 N–H and O–H groups in total. The van der Waals surface area contributed by atoms with Gasteiger partial charge in [-0.05, 0) is 25.1 Å². The van der Waals surface area contributed by atoms with E-state index in [-0.39, 0.29) is 11.6 Å². The van der Waals surface area contributed by atoms with Crippen LogP contribution in [0.25, 0.3) is 0 Å². The van der Waals surface area contributed by atoms with Gasteiger partial charge >= 0.3 is 0 Å². The summed E-state index contributed by atoms with van der Waals surface area (Å²) in [5.74, 6) is -0.460. The first-order chi connectivity index (χ1) is 10.4. The number of aryl methyl sites for hydroxylation is 1. The van der Waals surface area contributed by atoms with Crippen LogP contribution in [0.4, 0.5) is 15.8 Å². The van der Waals surface area contributed by atoms with Gasteiger partial charge in [-0.1, -0.05) is 0 Å². The van der Waals surface area contributed by atoms with Gasteiger partial charge in [0.2, 0.25) is 0 Å². The van der Waals surface area contributed by atoms with E-state index in [9.17, 15) is 12.8 Å². The quantitative estimate of drug-likeness (QED) is 0.862. The van der Waals surface area contributed by atoms with Gasteiger partial charge in [0.15, 0.2) is 5.03 Å². The number of sulfonamides is 1. The molecule has 22 heavy (non-hydrogen) atoms. The standard InChI is InChI=1S/C14H17FN4O2S/c1-3-18-14(6-7-16-18)22(20,21)19-9-8-17(2)12-5-4-11(15)10-13(12)19/h4-7,10H,3,8-9H2,1-2H3. The average Bonchev–Trinajstić information content (AvgIpc) is 2.96. The van der Waals surface area contributed by atoms with Crippen molar-refractivity contribution in [3.05, 3.63) is 36.3 Å². The molecule has 1 aromatic carbocycles. The number of rotatable bonds is 3. The van der Waals surface area contributed by atoms with Gasteiger partial charge in [0, 0.05) is 26.2 Å². The number of aromatic nitrogens is 2. The van der Waals surface area contributed by atoms with Crippen LogP contribution in [0, 0.1) is 5.82 Å². The van der Waals surface area contributed by atoms with Crippen molar-refractivity contribution >= 4 is 21.4 Å². The molecule has 2 aromatic rings. The highest BCUT2D eigenvalue weighted by Crippen LogP contribution is 2.36. The molecule has 6 nitrogen and oxygen atoms in total. The van der Waals surface area contributed by atoms with Crippen molar-refractivity contribution in [3.8, 4) is 0 Å². The molecule has 0 bridgehead atoms. The van der Waals surface area contributed by atoms with Crippen LogP contribution in [0.2, 0.25) is 0 Å². The summed E-state index contributed by atoms with van der Waals surface area (Å²) in [6, 6.07) is 5.66. The lowest BCUT2D eigenvalue weighted by Gasteiger charge is -2.36. The molecule has 0 spiro atoms. The summed E-state index contributed by atoms with van der Waals surface area (Å²) in [5, 5.41) is 4.13. The molecule has 0 aliphatic carbocycles. The zero-order valence-electron chi connectivity index (χ0n) is 12.4. The molecule has 0 saturated carbocycles. The van der Waals surface area contributed by atoms with Gasteiger partial charge in [-0.2, -0.15) is 13.5 Å². The van der Waals surface area contributed by atoms with Crippen molar-refractivity contribution < 1.29 is 12.8 Å². The second-order valence-corrected chi connectivity index (χ2v) is 6.93. The number of halogens is 1. The summed E-state index contributed by atoms with van der Waals surface area (Å²) in [4.78, 5) is 1.91. The van der Waals surface area contributed by atoms with Crippen LogP contribution in [0.3, 0.4) is 0 Å². The van der Waals surface area contributed by atoms with Gasteiger partial charge in [-0.15, -0.1) is 0 Å². The Labute approximate surface area is 128 Å². The number of benzene rings is 1. The molecular formula is C14H17FN4O2S. The number of likely N-dealkylation sites (N-methyl/N-ethyl adjacent to an activating group) is 1. The largest absolute Gasteiger partial charge is 0.371 e. The molecule has 1 aliphatic heterocycles. The molecule has 0 amide bonds. The Morgan fingerprint density at radius 2 is 2.00 bits per heavy atom. The second-order valence-electron chi connectivity index (χ2n) is 5.12. The van der Waals surface area contributed by atoms with E-state index in [1.807, 2.05) is 18.9 Å². The van der Waals surface area contributed by atoms with Gasteiger partial charge in [-0.3, -0.25) is 8.99 Å². The SMILES string of the molecule is CCn1nccc1S(=O)(=O)N1CCN(C)c2ccc(F)cc21. The molecule has 3 rings (SSSR count). The number of hydrogen-bond acceptors (Lipinski definition) is 4. The second kappa shape index (κ2) is 5.28. The monoisotopic (exact) mass is 324 g/mol. The lowest BCUT2D eigenvalue weighted by molar-refractivity contribution is 0.549. The van der Waals surface area contributed by atoms with Gasteiger partial charge in [0.25, 0.3) is 10.0 Å². The predicted molar refractivity (Wildman–Crippen MR) is 82.1 cm³/mol. The van der Waals surface area contributed by atoms with Crippen LogP contribution < -0.4 is 9.21 Å². The summed E-state index contributed by atoms with van der Waals surface area (Å²) < 4.78 is 42.2. The highest BCUT2D eigenvalue weighted by atomic mass is 32.2. The van der Waals surface area contributed by atoms with E-state index in [4.69, 9.17) is 0 Å². The fourth-order valence-electron chi connectivity index (χ4n) is 2.64. The first kappa shape index (κ1) is 14.8. The first-order valence-corrected chi connectivity index (χ1v) is 8.44. The molecule has 0 fully saturated rings. The van der Waals surface area contributed by atoms with Crippen LogP contribution in [-0.4, -0.2) is 38.3 Å². The van der Waals surface area contributed by atoms with E-state index >= 15 is 0 Å². The molecule has 2 heterocycles. The molecule has 1 aliphatic rings. The predicted octanol–water partition coefficient (Wildman–Crippen LogP) is 1.69. The molecule has 8 heteroatoms. The van der Waals surface area contributed by atoms with E-state index in [1.165, 1.54) is 33.4 Å². The van der Waals surface area contributed by atoms with Gasteiger partial charge in [0.05, 0.1) is 24.1 Å². The van der Waals surface area contributed by atoms with Crippen molar-refractivity contribution in [3.63, 3.8) is 0 Å². The van der Waals surface area contributed by atoms with Crippen LogP contribution in [-0.2, 0) is 16.6 Å². The summed E-state index contributed by atoms with van der Waals surface area (Å²) in [7, 11) is -1.92. The minimum Gasteiger partial charge on any atom is -0.371 e. The number of fused-ring (bicyclic) bond motifs is 1. The van der Waals surface area contributed by atoms with Crippen molar-refractivity contribution in [1.29, 1.82) is 0 Å². The zero-order valence-corrected chi connectivity index (χ0v) is 13.2. The highest BCUT2D eigenvalue weighted by Gasteiger charge is 2.33. The Balaban J connectivity index is 2.14. The van der Waals surface area contributed by atoms with Gasteiger partial charge in [-0.25, -0.2) is 4.39 Å². The maximum absolute atomic E-state index is 13.6. The maximum atomic E-state index is 13.6. The third-order valence-electron chi connectivity index (χ3n) is 3.79. The Morgan fingerprint density at radius 3 is 2.73 bits per heavy atom. The Hall–Kier alpha value is -2.09. The topological polar surface area (TPSA) is 58.4 Å². The third-order valence-corrected chi connectivity index (χ3v) is 5.62. The molecule has 0 atom stereocenters. The molecule has 1 aromatic heterocycles. The maximum Gasteiger partial charge on any atom is 0.281 e. The van der Waals surface area contributed by atoms with Crippen LogP contribution in [0.15, 0.2) is 35.5 Å². The Morgan fingerprint density at radius 1 is 1.23 bits per heavy atom. The van der Waals surface area contributed by atoms with Crippen LogP contribution in [0.1, 0.15) is 6.92 Å². The minimum atomic E-state index is -3.77. The molecular weight excluding hydrogens is 307 g/mol. The van der Waals surface area contributed by atoms with E-state index in [0.29, 0.717) is 24.5 Å². The Bertz CT molecular complexity index is 803. The summed E-state index contributed by atoms with van der Waals surface area (Å²) in [6.07, 6.45) is 1.46. The fraction of sp³-hybridized carbons (Fsp3) is 0.357. The lowest BCUT2D eigenvalue weighted by atomic mass is 10.2. The van der Waals surface area contributed by atoms with Crippen LogP contribution >= 0.6 is 0 Å². The molecule has 118 valence electrons. The van der Waals surface area contributed by atoms with E-state index < -0.39 is 15.8 Å².